The number of hydrogen-bond donors (Lipinski definition) is 1. The minimum atomic E-state index is -0.507. The number of allylic oxidation sites excluding steroid dienone is 3. The number of Topliss-reactive ketones (excluding diaryl/α,β-unsaturated/α-hetero) is 1. The van der Waals surface area contributed by atoms with Crippen molar-refractivity contribution >= 4 is 11.8 Å². The van der Waals surface area contributed by atoms with Crippen molar-refractivity contribution in [3.8, 4) is 11.5 Å². The first-order valence-electron chi connectivity index (χ1n) is 13.3. The Morgan fingerprint density at radius 1 is 0.897 bits per heavy atom. The predicted octanol–water partition coefficient (Wildman–Crippen LogP) is 6.20. The van der Waals surface area contributed by atoms with Crippen molar-refractivity contribution in [3.05, 3.63) is 118 Å². The van der Waals surface area contributed by atoms with Gasteiger partial charge in [-0.25, -0.2) is 4.79 Å². The number of carbonyl (C=O) groups is 2. The van der Waals surface area contributed by atoms with E-state index >= 15 is 0 Å². The van der Waals surface area contributed by atoms with Crippen LogP contribution in [0.1, 0.15) is 55.2 Å². The summed E-state index contributed by atoms with van der Waals surface area (Å²) in [5.74, 6) is 0.667. The van der Waals surface area contributed by atoms with Gasteiger partial charge in [0.05, 0.1) is 19.3 Å². The minimum absolute atomic E-state index is 0.0354. The summed E-state index contributed by atoms with van der Waals surface area (Å²) in [6.07, 6.45) is 1.05. The van der Waals surface area contributed by atoms with Gasteiger partial charge >= 0.3 is 5.97 Å². The van der Waals surface area contributed by atoms with Crippen molar-refractivity contribution in [2.24, 2.45) is 0 Å². The van der Waals surface area contributed by atoms with Gasteiger partial charge in [-0.2, -0.15) is 0 Å². The minimum Gasteiger partial charge on any atom is -0.497 e. The van der Waals surface area contributed by atoms with Crippen LogP contribution in [0.5, 0.6) is 11.5 Å². The lowest BCUT2D eigenvalue weighted by molar-refractivity contribution is -0.138. The SMILES string of the molecule is CCOC(=O)C1=C(C)NC2=C(C(=O)C[C@@H](c3ccc(OC)cc3)C2)[C@@H]1c1ccc(OCc2ccccc2)cc1. The van der Waals surface area contributed by atoms with Crippen molar-refractivity contribution in [1.82, 2.24) is 5.32 Å². The smallest absolute Gasteiger partial charge is 0.336 e. The van der Waals surface area contributed by atoms with Crippen molar-refractivity contribution in [3.63, 3.8) is 0 Å². The molecule has 1 heterocycles. The Morgan fingerprint density at radius 2 is 1.56 bits per heavy atom. The molecule has 2 aliphatic rings. The second kappa shape index (κ2) is 11.6. The van der Waals surface area contributed by atoms with Crippen molar-refractivity contribution in [2.45, 2.75) is 45.1 Å². The van der Waals surface area contributed by atoms with Gasteiger partial charge in [-0.3, -0.25) is 4.79 Å². The second-order valence-corrected chi connectivity index (χ2v) is 9.85. The molecule has 0 aromatic heterocycles. The highest BCUT2D eigenvalue weighted by Crippen LogP contribution is 2.46. The fourth-order valence-corrected chi connectivity index (χ4v) is 5.46. The van der Waals surface area contributed by atoms with Crippen molar-refractivity contribution in [2.75, 3.05) is 13.7 Å². The van der Waals surface area contributed by atoms with Crippen LogP contribution in [0.15, 0.2) is 101 Å². The number of ether oxygens (including phenoxy) is 3. The van der Waals surface area contributed by atoms with Crippen LogP contribution in [-0.4, -0.2) is 25.5 Å². The van der Waals surface area contributed by atoms with E-state index in [1.54, 1.807) is 14.0 Å². The summed E-state index contributed by atoms with van der Waals surface area (Å²) in [4.78, 5) is 26.9. The zero-order valence-corrected chi connectivity index (χ0v) is 22.5. The highest BCUT2D eigenvalue weighted by atomic mass is 16.5. The van der Waals surface area contributed by atoms with Crippen LogP contribution in [0.2, 0.25) is 0 Å². The molecule has 0 saturated carbocycles. The predicted molar refractivity (Wildman–Crippen MR) is 149 cm³/mol. The van der Waals surface area contributed by atoms with Gasteiger partial charge in [-0.15, -0.1) is 0 Å². The molecule has 6 heteroatoms. The number of carbonyl (C=O) groups excluding carboxylic acids is 2. The fraction of sp³-hybridized carbons (Fsp3) is 0.273. The number of nitrogens with one attached hydrogen (secondary N) is 1. The van der Waals surface area contributed by atoms with E-state index in [0.717, 1.165) is 33.9 Å². The molecule has 0 fully saturated rings. The lowest BCUT2D eigenvalue weighted by Gasteiger charge is -2.36. The van der Waals surface area contributed by atoms with E-state index in [-0.39, 0.29) is 18.3 Å². The van der Waals surface area contributed by atoms with Crippen LogP contribution in [0.4, 0.5) is 0 Å². The molecule has 3 aromatic rings. The van der Waals surface area contributed by atoms with E-state index in [0.29, 0.717) is 36.3 Å². The number of esters is 1. The van der Waals surface area contributed by atoms with Crippen LogP contribution in [0.3, 0.4) is 0 Å². The lowest BCUT2D eigenvalue weighted by atomic mass is 9.71. The van der Waals surface area contributed by atoms with E-state index in [4.69, 9.17) is 14.2 Å². The molecule has 1 aliphatic heterocycles. The molecule has 2 atom stereocenters. The van der Waals surface area contributed by atoms with Gasteiger partial charge in [0.15, 0.2) is 5.78 Å². The Kier molecular flexibility index (Phi) is 7.82. The molecule has 1 N–H and O–H groups in total. The molecular formula is C33H33NO5. The van der Waals surface area contributed by atoms with Gasteiger partial charge in [0, 0.05) is 29.3 Å². The second-order valence-electron chi connectivity index (χ2n) is 9.85. The van der Waals surface area contributed by atoms with Crippen molar-refractivity contribution < 1.29 is 23.8 Å². The number of ketones is 1. The van der Waals surface area contributed by atoms with Crippen LogP contribution >= 0.6 is 0 Å². The Labute approximate surface area is 229 Å². The number of rotatable bonds is 8. The molecule has 6 nitrogen and oxygen atoms in total. The summed E-state index contributed by atoms with van der Waals surface area (Å²) in [5, 5.41) is 3.40. The van der Waals surface area contributed by atoms with Gasteiger partial charge in [-0.05, 0) is 67.1 Å². The molecule has 0 spiro atoms. The zero-order valence-electron chi connectivity index (χ0n) is 22.5. The first-order chi connectivity index (χ1) is 19.0. The van der Waals surface area contributed by atoms with Crippen LogP contribution < -0.4 is 14.8 Å². The molecule has 1 aliphatic carbocycles. The number of dihydropyridines is 1. The van der Waals surface area contributed by atoms with Crippen molar-refractivity contribution in [1.29, 1.82) is 0 Å². The van der Waals surface area contributed by atoms with Gasteiger partial charge in [-0.1, -0.05) is 54.6 Å². The Hall–Kier alpha value is -4.32. The Morgan fingerprint density at radius 3 is 2.23 bits per heavy atom. The maximum absolute atomic E-state index is 13.8. The summed E-state index contributed by atoms with van der Waals surface area (Å²) < 4.78 is 16.7. The monoisotopic (exact) mass is 523 g/mol. The third-order valence-corrected chi connectivity index (χ3v) is 7.37. The number of methoxy groups -OCH3 is 1. The first-order valence-corrected chi connectivity index (χ1v) is 13.3. The van der Waals surface area contributed by atoms with E-state index in [9.17, 15) is 9.59 Å². The van der Waals surface area contributed by atoms with Gasteiger partial charge in [0.2, 0.25) is 0 Å². The maximum Gasteiger partial charge on any atom is 0.336 e. The molecule has 0 saturated heterocycles. The normalized spacial score (nSPS) is 18.8. The Bertz CT molecular complexity index is 1400. The largest absolute Gasteiger partial charge is 0.497 e. The fourth-order valence-electron chi connectivity index (χ4n) is 5.46. The van der Waals surface area contributed by atoms with E-state index < -0.39 is 11.9 Å². The summed E-state index contributed by atoms with van der Waals surface area (Å²) in [6, 6.07) is 25.5. The first kappa shape index (κ1) is 26.3. The molecule has 3 aromatic carbocycles. The molecular weight excluding hydrogens is 490 g/mol. The molecule has 5 rings (SSSR count). The summed E-state index contributed by atoms with van der Waals surface area (Å²) in [6.45, 7) is 4.38. The highest BCUT2D eigenvalue weighted by molar-refractivity contribution is 6.04. The zero-order chi connectivity index (χ0) is 27.4. The average Bonchev–Trinajstić information content (AvgIpc) is 2.96. The summed E-state index contributed by atoms with van der Waals surface area (Å²) in [7, 11) is 1.64. The molecule has 0 radical (unpaired) electrons. The number of benzene rings is 3. The van der Waals surface area contributed by atoms with Gasteiger partial charge < -0.3 is 19.5 Å². The Balaban J connectivity index is 1.46. The maximum atomic E-state index is 13.8. The average molecular weight is 524 g/mol. The topological polar surface area (TPSA) is 73.9 Å². The summed E-state index contributed by atoms with van der Waals surface area (Å²) in [5.41, 5.74) is 5.73. The van der Waals surface area contributed by atoms with Crippen LogP contribution in [0.25, 0.3) is 0 Å². The number of hydrogen-bond acceptors (Lipinski definition) is 6. The standard InChI is InChI=1S/C33H33NO5/c1-4-38-33(36)30-21(2)34-28-18-25(23-10-14-26(37-3)15-11-23)19-29(35)32(28)31(30)24-12-16-27(17-13-24)39-20-22-8-6-5-7-9-22/h5-17,25,31,34H,4,18-20H2,1-3H3/t25-,31+/m0/s1. The molecule has 200 valence electrons. The van der Waals surface area contributed by atoms with Gasteiger partial charge in [0.1, 0.15) is 18.1 Å². The lowest BCUT2D eigenvalue weighted by Crippen LogP contribution is -2.36. The molecule has 0 amide bonds. The highest BCUT2D eigenvalue weighted by Gasteiger charge is 2.41. The molecule has 39 heavy (non-hydrogen) atoms. The molecule has 0 unspecified atom stereocenters. The molecule has 0 bridgehead atoms. The van der Waals surface area contributed by atoms with Crippen LogP contribution in [0, 0.1) is 0 Å². The summed E-state index contributed by atoms with van der Waals surface area (Å²) >= 11 is 0. The third-order valence-electron chi connectivity index (χ3n) is 7.37. The third kappa shape index (κ3) is 5.60. The van der Waals surface area contributed by atoms with E-state index in [1.807, 2.05) is 85.8 Å². The van der Waals surface area contributed by atoms with Gasteiger partial charge in [0.25, 0.3) is 0 Å². The van der Waals surface area contributed by atoms with E-state index in [2.05, 4.69) is 5.32 Å². The van der Waals surface area contributed by atoms with E-state index in [1.165, 1.54) is 0 Å². The quantitative estimate of drug-likeness (QED) is 0.355. The van der Waals surface area contributed by atoms with Crippen LogP contribution in [-0.2, 0) is 20.9 Å².